The first-order valence-electron chi connectivity index (χ1n) is 5.76. The highest BCUT2D eigenvalue weighted by Gasteiger charge is 2.46. The molecule has 0 aromatic heterocycles. The van der Waals surface area contributed by atoms with Gasteiger partial charge in [0.05, 0.1) is 5.69 Å². The van der Waals surface area contributed by atoms with E-state index >= 15 is 0 Å². The number of carbonyl (C=O) groups excluding carboxylic acids is 1. The molecule has 1 saturated heterocycles. The molecule has 0 saturated carbocycles. The normalized spacial score (nSPS) is 23.2. The maximum absolute atomic E-state index is 13.8. The molecular weight excluding hydrogens is 219 g/mol. The van der Waals surface area contributed by atoms with Gasteiger partial charge in [-0.05, 0) is 32.5 Å². The minimum atomic E-state index is -0.436. The van der Waals surface area contributed by atoms with Crippen LogP contribution in [0.25, 0.3) is 0 Å². The Morgan fingerprint density at radius 3 is 2.65 bits per heavy atom. The van der Waals surface area contributed by atoms with E-state index in [4.69, 9.17) is 5.73 Å². The summed E-state index contributed by atoms with van der Waals surface area (Å²) >= 11 is 0. The first kappa shape index (κ1) is 12.0. The van der Waals surface area contributed by atoms with Crippen molar-refractivity contribution >= 4 is 11.6 Å². The lowest BCUT2D eigenvalue weighted by Gasteiger charge is -2.35. The number of nitrogens with two attached hydrogens (primary N) is 1. The van der Waals surface area contributed by atoms with Gasteiger partial charge in [0.1, 0.15) is 5.82 Å². The Balaban J connectivity index is 2.45. The van der Waals surface area contributed by atoms with E-state index in [1.165, 1.54) is 6.07 Å². The van der Waals surface area contributed by atoms with Gasteiger partial charge in [-0.15, -0.1) is 0 Å². The lowest BCUT2D eigenvalue weighted by Crippen LogP contribution is -2.46. The number of para-hydroxylation sites is 1. The molecule has 1 aliphatic heterocycles. The Morgan fingerprint density at radius 2 is 2.12 bits per heavy atom. The smallest absolute Gasteiger partial charge is 0.228 e. The average Bonchev–Trinajstić information content (AvgIpc) is 2.50. The van der Waals surface area contributed by atoms with E-state index in [0.717, 1.165) is 0 Å². The van der Waals surface area contributed by atoms with Gasteiger partial charge in [-0.2, -0.15) is 0 Å². The molecule has 2 N–H and O–H groups in total. The van der Waals surface area contributed by atoms with E-state index in [2.05, 4.69) is 0 Å². The molecule has 1 amide bonds. The summed E-state index contributed by atoms with van der Waals surface area (Å²) in [7, 11) is 0. The standard InChI is InChI=1S/C13H17FN2O/c1-13(2)9(8-15)7-12(17)16(13)11-6-4-3-5-10(11)14/h3-6,9H,7-8,15H2,1-2H3. The highest BCUT2D eigenvalue weighted by Crippen LogP contribution is 2.39. The van der Waals surface area contributed by atoms with Crippen molar-refractivity contribution in [2.75, 3.05) is 11.4 Å². The second-order valence-corrected chi connectivity index (χ2v) is 4.97. The fourth-order valence-corrected chi connectivity index (χ4v) is 2.51. The van der Waals surface area contributed by atoms with Gasteiger partial charge in [0.15, 0.2) is 0 Å². The fraction of sp³-hybridized carbons (Fsp3) is 0.462. The summed E-state index contributed by atoms with van der Waals surface area (Å²) in [4.78, 5) is 13.6. The third-order valence-corrected chi connectivity index (χ3v) is 3.62. The summed E-state index contributed by atoms with van der Waals surface area (Å²) in [5.74, 6) is -0.364. The van der Waals surface area contributed by atoms with Crippen LogP contribution < -0.4 is 10.6 Å². The molecule has 1 aliphatic rings. The summed E-state index contributed by atoms with van der Waals surface area (Å²) in [6, 6.07) is 6.35. The molecule has 1 unspecified atom stereocenters. The molecule has 1 heterocycles. The van der Waals surface area contributed by atoms with Crippen LogP contribution in [0.1, 0.15) is 20.3 Å². The topological polar surface area (TPSA) is 46.3 Å². The maximum Gasteiger partial charge on any atom is 0.228 e. The Labute approximate surface area is 100 Å². The highest BCUT2D eigenvalue weighted by atomic mass is 19.1. The molecule has 1 fully saturated rings. The number of amides is 1. The van der Waals surface area contributed by atoms with E-state index in [0.29, 0.717) is 18.7 Å². The number of halogens is 1. The quantitative estimate of drug-likeness (QED) is 0.852. The van der Waals surface area contributed by atoms with Gasteiger partial charge in [0.25, 0.3) is 0 Å². The van der Waals surface area contributed by atoms with Crippen molar-refractivity contribution in [3.8, 4) is 0 Å². The molecule has 92 valence electrons. The molecule has 2 rings (SSSR count). The number of nitrogens with zero attached hydrogens (tertiary/aromatic N) is 1. The summed E-state index contributed by atoms with van der Waals surface area (Å²) in [5, 5.41) is 0. The SMILES string of the molecule is CC1(C)C(CN)CC(=O)N1c1ccccc1F. The van der Waals surface area contributed by atoms with Gasteiger partial charge in [0, 0.05) is 17.9 Å². The van der Waals surface area contributed by atoms with E-state index in [1.807, 2.05) is 13.8 Å². The van der Waals surface area contributed by atoms with E-state index in [1.54, 1.807) is 23.1 Å². The van der Waals surface area contributed by atoms with E-state index < -0.39 is 5.54 Å². The lowest BCUT2D eigenvalue weighted by molar-refractivity contribution is -0.117. The lowest BCUT2D eigenvalue weighted by atomic mass is 9.88. The van der Waals surface area contributed by atoms with Crippen LogP contribution in [0.15, 0.2) is 24.3 Å². The van der Waals surface area contributed by atoms with Crippen molar-refractivity contribution in [3.05, 3.63) is 30.1 Å². The van der Waals surface area contributed by atoms with Crippen molar-refractivity contribution < 1.29 is 9.18 Å². The molecule has 4 heteroatoms. The first-order valence-corrected chi connectivity index (χ1v) is 5.76. The third-order valence-electron chi connectivity index (χ3n) is 3.62. The van der Waals surface area contributed by atoms with Crippen molar-refractivity contribution in [1.82, 2.24) is 0 Å². The van der Waals surface area contributed by atoms with Gasteiger partial charge in [-0.25, -0.2) is 4.39 Å². The molecule has 1 aromatic carbocycles. The number of hydrogen-bond donors (Lipinski definition) is 1. The summed E-state index contributed by atoms with van der Waals surface area (Å²) in [6.45, 7) is 4.30. The average molecular weight is 236 g/mol. The number of hydrogen-bond acceptors (Lipinski definition) is 2. The van der Waals surface area contributed by atoms with Gasteiger partial charge in [-0.3, -0.25) is 4.79 Å². The minimum absolute atomic E-state index is 0.0597. The number of rotatable bonds is 2. The molecule has 0 radical (unpaired) electrons. The zero-order valence-corrected chi connectivity index (χ0v) is 10.1. The van der Waals surface area contributed by atoms with Crippen LogP contribution in [0.3, 0.4) is 0 Å². The highest BCUT2D eigenvalue weighted by molar-refractivity contribution is 5.97. The number of anilines is 1. The predicted molar refractivity (Wildman–Crippen MR) is 65.1 cm³/mol. The second kappa shape index (κ2) is 4.11. The Hall–Kier alpha value is -1.42. The Morgan fingerprint density at radius 1 is 1.47 bits per heavy atom. The molecule has 1 aromatic rings. The third kappa shape index (κ3) is 1.82. The fourth-order valence-electron chi connectivity index (χ4n) is 2.51. The molecule has 0 bridgehead atoms. The minimum Gasteiger partial charge on any atom is -0.330 e. The van der Waals surface area contributed by atoms with Gasteiger partial charge in [-0.1, -0.05) is 12.1 Å². The predicted octanol–water partition coefficient (Wildman–Crippen LogP) is 1.92. The van der Waals surface area contributed by atoms with Crippen LogP contribution in [-0.4, -0.2) is 18.0 Å². The summed E-state index contributed by atoms with van der Waals surface area (Å²) < 4.78 is 13.8. The Kier molecular flexibility index (Phi) is 2.91. The molecule has 0 spiro atoms. The first-order chi connectivity index (χ1) is 7.98. The van der Waals surface area contributed by atoms with Crippen LogP contribution >= 0.6 is 0 Å². The second-order valence-electron chi connectivity index (χ2n) is 4.97. The van der Waals surface area contributed by atoms with E-state index in [-0.39, 0.29) is 17.6 Å². The van der Waals surface area contributed by atoms with Crippen LogP contribution in [-0.2, 0) is 4.79 Å². The van der Waals surface area contributed by atoms with Gasteiger partial charge < -0.3 is 10.6 Å². The van der Waals surface area contributed by atoms with E-state index in [9.17, 15) is 9.18 Å². The Bertz CT molecular complexity index is 445. The number of benzene rings is 1. The van der Waals surface area contributed by atoms with Crippen molar-refractivity contribution in [2.45, 2.75) is 25.8 Å². The molecule has 17 heavy (non-hydrogen) atoms. The van der Waals surface area contributed by atoms with Crippen LogP contribution in [0.4, 0.5) is 10.1 Å². The zero-order valence-electron chi connectivity index (χ0n) is 10.1. The van der Waals surface area contributed by atoms with Crippen LogP contribution in [0.2, 0.25) is 0 Å². The zero-order chi connectivity index (χ0) is 12.6. The van der Waals surface area contributed by atoms with Crippen LogP contribution in [0, 0.1) is 11.7 Å². The van der Waals surface area contributed by atoms with Crippen LogP contribution in [0.5, 0.6) is 0 Å². The molecule has 1 atom stereocenters. The largest absolute Gasteiger partial charge is 0.330 e. The van der Waals surface area contributed by atoms with Crippen molar-refractivity contribution in [1.29, 1.82) is 0 Å². The van der Waals surface area contributed by atoms with Crippen molar-refractivity contribution in [3.63, 3.8) is 0 Å². The number of carbonyl (C=O) groups is 1. The van der Waals surface area contributed by atoms with Gasteiger partial charge in [0.2, 0.25) is 5.91 Å². The molecular formula is C13H17FN2O. The molecule has 0 aliphatic carbocycles. The summed E-state index contributed by atoms with van der Waals surface area (Å²) in [6.07, 6.45) is 0.387. The maximum atomic E-state index is 13.8. The van der Waals surface area contributed by atoms with Crippen molar-refractivity contribution in [2.24, 2.45) is 11.7 Å². The summed E-state index contributed by atoms with van der Waals surface area (Å²) in [5.41, 5.74) is 5.59. The van der Waals surface area contributed by atoms with Gasteiger partial charge >= 0.3 is 0 Å². The molecule has 3 nitrogen and oxygen atoms in total. The monoisotopic (exact) mass is 236 g/mol.